The standard InChI is InChI=1S/C17H27NO/c1-12(2)17-11-15(9-10-19-17)18-14(4)16-8-6-5-7-13(16)3/h5-8,12,14-15,17-18H,9-11H2,1-4H3/t14-,15?,17?/m0/s1. The molecule has 0 aliphatic carbocycles. The average molecular weight is 261 g/mol. The molecule has 0 bridgehead atoms. The number of rotatable bonds is 4. The fourth-order valence-corrected chi connectivity index (χ4v) is 2.96. The normalized spacial score (nSPS) is 25.5. The lowest BCUT2D eigenvalue weighted by Gasteiger charge is -2.34. The van der Waals surface area contributed by atoms with Crippen molar-refractivity contribution in [3.63, 3.8) is 0 Å². The zero-order valence-electron chi connectivity index (χ0n) is 12.6. The minimum atomic E-state index is 0.412. The van der Waals surface area contributed by atoms with Crippen molar-refractivity contribution in [1.82, 2.24) is 5.32 Å². The molecule has 2 rings (SSSR count). The van der Waals surface area contributed by atoms with Crippen molar-refractivity contribution in [2.75, 3.05) is 6.61 Å². The minimum absolute atomic E-state index is 0.412. The quantitative estimate of drug-likeness (QED) is 0.889. The molecule has 1 aromatic rings. The van der Waals surface area contributed by atoms with Crippen LogP contribution in [0.2, 0.25) is 0 Å². The topological polar surface area (TPSA) is 21.3 Å². The maximum absolute atomic E-state index is 5.84. The van der Waals surface area contributed by atoms with Gasteiger partial charge in [-0.1, -0.05) is 38.1 Å². The highest BCUT2D eigenvalue weighted by atomic mass is 16.5. The lowest BCUT2D eigenvalue weighted by molar-refractivity contribution is -0.0257. The Morgan fingerprint density at radius 2 is 1.95 bits per heavy atom. The summed E-state index contributed by atoms with van der Waals surface area (Å²) in [7, 11) is 0. The van der Waals surface area contributed by atoms with E-state index in [2.05, 4.69) is 57.3 Å². The fraction of sp³-hybridized carbons (Fsp3) is 0.647. The van der Waals surface area contributed by atoms with Crippen LogP contribution in [-0.4, -0.2) is 18.8 Å². The highest BCUT2D eigenvalue weighted by molar-refractivity contribution is 5.28. The lowest BCUT2D eigenvalue weighted by Crippen LogP contribution is -2.41. The van der Waals surface area contributed by atoms with Gasteiger partial charge in [0.2, 0.25) is 0 Å². The zero-order valence-corrected chi connectivity index (χ0v) is 12.6. The van der Waals surface area contributed by atoms with E-state index in [4.69, 9.17) is 4.74 Å². The number of benzene rings is 1. The van der Waals surface area contributed by atoms with Crippen LogP contribution in [0.1, 0.15) is 50.8 Å². The van der Waals surface area contributed by atoms with E-state index in [1.165, 1.54) is 11.1 Å². The molecule has 1 fully saturated rings. The van der Waals surface area contributed by atoms with E-state index in [1.807, 2.05) is 0 Å². The molecule has 0 amide bonds. The van der Waals surface area contributed by atoms with Gasteiger partial charge in [0.25, 0.3) is 0 Å². The molecule has 0 aromatic heterocycles. The van der Waals surface area contributed by atoms with Gasteiger partial charge in [0.05, 0.1) is 6.10 Å². The van der Waals surface area contributed by atoms with Crippen molar-refractivity contribution < 1.29 is 4.74 Å². The van der Waals surface area contributed by atoms with E-state index in [0.717, 1.165) is 19.4 Å². The molecule has 2 unspecified atom stereocenters. The number of hydrogen-bond donors (Lipinski definition) is 1. The molecule has 1 aromatic carbocycles. The lowest BCUT2D eigenvalue weighted by atomic mass is 9.94. The summed E-state index contributed by atoms with van der Waals surface area (Å²) in [5.41, 5.74) is 2.78. The van der Waals surface area contributed by atoms with E-state index in [0.29, 0.717) is 24.1 Å². The van der Waals surface area contributed by atoms with Gasteiger partial charge in [-0.2, -0.15) is 0 Å². The van der Waals surface area contributed by atoms with Crippen molar-refractivity contribution in [2.45, 2.75) is 58.7 Å². The van der Waals surface area contributed by atoms with Gasteiger partial charge < -0.3 is 10.1 Å². The van der Waals surface area contributed by atoms with Crippen LogP contribution in [-0.2, 0) is 4.74 Å². The first kappa shape index (κ1) is 14.5. The van der Waals surface area contributed by atoms with Gasteiger partial charge in [-0.25, -0.2) is 0 Å². The van der Waals surface area contributed by atoms with Crippen LogP contribution in [0.4, 0.5) is 0 Å². The van der Waals surface area contributed by atoms with Gasteiger partial charge in [-0.3, -0.25) is 0 Å². The molecule has 1 aliphatic rings. The second kappa shape index (κ2) is 6.53. The first-order valence-corrected chi connectivity index (χ1v) is 7.51. The molecule has 106 valence electrons. The summed E-state index contributed by atoms with van der Waals surface area (Å²) in [6.45, 7) is 9.84. The fourth-order valence-electron chi connectivity index (χ4n) is 2.96. The summed E-state index contributed by atoms with van der Waals surface area (Å²) < 4.78 is 5.84. The van der Waals surface area contributed by atoms with Gasteiger partial charge in [0.15, 0.2) is 0 Å². The second-order valence-corrected chi connectivity index (χ2v) is 6.12. The third-order valence-corrected chi connectivity index (χ3v) is 4.20. The van der Waals surface area contributed by atoms with Crippen molar-refractivity contribution in [1.29, 1.82) is 0 Å². The zero-order chi connectivity index (χ0) is 13.8. The van der Waals surface area contributed by atoms with Crippen molar-refractivity contribution in [2.24, 2.45) is 5.92 Å². The Morgan fingerprint density at radius 3 is 2.63 bits per heavy atom. The number of nitrogens with one attached hydrogen (secondary N) is 1. The summed E-state index contributed by atoms with van der Waals surface area (Å²) >= 11 is 0. The minimum Gasteiger partial charge on any atom is -0.378 e. The third-order valence-electron chi connectivity index (χ3n) is 4.20. The van der Waals surface area contributed by atoms with Gasteiger partial charge >= 0.3 is 0 Å². The summed E-state index contributed by atoms with van der Waals surface area (Å²) in [5.74, 6) is 0.610. The summed E-state index contributed by atoms with van der Waals surface area (Å²) in [6.07, 6.45) is 2.67. The summed E-state index contributed by atoms with van der Waals surface area (Å²) in [5, 5.41) is 3.78. The Labute approximate surface area is 117 Å². The predicted molar refractivity (Wildman–Crippen MR) is 80.3 cm³/mol. The van der Waals surface area contributed by atoms with Gasteiger partial charge in [-0.15, -0.1) is 0 Å². The van der Waals surface area contributed by atoms with E-state index in [1.54, 1.807) is 0 Å². The smallest absolute Gasteiger partial charge is 0.0612 e. The van der Waals surface area contributed by atoms with Crippen LogP contribution < -0.4 is 5.32 Å². The summed E-state index contributed by atoms with van der Waals surface area (Å²) in [6, 6.07) is 9.64. The van der Waals surface area contributed by atoms with Gasteiger partial charge in [0.1, 0.15) is 0 Å². The van der Waals surface area contributed by atoms with Crippen molar-refractivity contribution in [3.8, 4) is 0 Å². The Bertz CT molecular complexity index is 402. The molecule has 19 heavy (non-hydrogen) atoms. The van der Waals surface area contributed by atoms with E-state index >= 15 is 0 Å². The highest BCUT2D eigenvalue weighted by Crippen LogP contribution is 2.24. The predicted octanol–water partition coefficient (Wildman–Crippen LogP) is 3.85. The number of hydrogen-bond acceptors (Lipinski definition) is 2. The first-order chi connectivity index (χ1) is 9.08. The average Bonchev–Trinajstić information content (AvgIpc) is 2.39. The van der Waals surface area contributed by atoms with Crippen LogP contribution in [0, 0.1) is 12.8 Å². The molecule has 1 heterocycles. The second-order valence-electron chi connectivity index (χ2n) is 6.12. The molecule has 0 spiro atoms. The Balaban J connectivity index is 1.95. The third kappa shape index (κ3) is 3.80. The SMILES string of the molecule is Cc1ccccc1[C@H](C)NC1CCOC(C(C)C)C1. The monoisotopic (exact) mass is 261 g/mol. The Morgan fingerprint density at radius 1 is 1.21 bits per heavy atom. The van der Waals surface area contributed by atoms with E-state index in [-0.39, 0.29) is 0 Å². The summed E-state index contributed by atoms with van der Waals surface area (Å²) in [4.78, 5) is 0. The molecule has 1 aliphatic heterocycles. The molecule has 2 heteroatoms. The largest absolute Gasteiger partial charge is 0.378 e. The van der Waals surface area contributed by atoms with E-state index in [9.17, 15) is 0 Å². The molecule has 0 saturated carbocycles. The van der Waals surface area contributed by atoms with Crippen LogP contribution in [0.25, 0.3) is 0 Å². The molecule has 1 N–H and O–H groups in total. The van der Waals surface area contributed by atoms with Crippen LogP contribution >= 0.6 is 0 Å². The highest BCUT2D eigenvalue weighted by Gasteiger charge is 2.25. The molecule has 1 saturated heterocycles. The Kier molecular flexibility index (Phi) is 5.00. The molecular weight excluding hydrogens is 234 g/mol. The van der Waals surface area contributed by atoms with Crippen molar-refractivity contribution >= 4 is 0 Å². The van der Waals surface area contributed by atoms with E-state index < -0.39 is 0 Å². The van der Waals surface area contributed by atoms with Crippen LogP contribution in [0.15, 0.2) is 24.3 Å². The van der Waals surface area contributed by atoms with Crippen LogP contribution in [0.3, 0.4) is 0 Å². The maximum atomic E-state index is 5.84. The van der Waals surface area contributed by atoms with Crippen LogP contribution in [0.5, 0.6) is 0 Å². The first-order valence-electron chi connectivity index (χ1n) is 7.51. The molecule has 0 radical (unpaired) electrons. The maximum Gasteiger partial charge on any atom is 0.0612 e. The van der Waals surface area contributed by atoms with Gasteiger partial charge in [-0.05, 0) is 43.7 Å². The number of ether oxygens (including phenoxy) is 1. The van der Waals surface area contributed by atoms with Gasteiger partial charge in [0, 0.05) is 18.7 Å². The Hall–Kier alpha value is -0.860. The molecular formula is C17H27NO. The number of aryl methyl sites for hydroxylation is 1. The van der Waals surface area contributed by atoms with Crippen molar-refractivity contribution in [3.05, 3.63) is 35.4 Å². The molecule has 2 nitrogen and oxygen atoms in total. The molecule has 3 atom stereocenters.